The van der Waals surface area contributed by atoms with Gasteiger partial charge in [-0.25, -0.2) is 13.2 Å². The zero-order valence-corrected chi connectivity index (χ0v) is 11.2. The highest BCUT2D eigenvalue weighted by atomic mass is 19.2. The van der Waals surface area contributed by atoms with Crippen LogP contribution in [0.2, 0.25) is 0 Å². The lowest BCUT2D eigenvalue weighted by atomic mass is 9.79. The van der Waals surface area contributed by atoms with Gasteiger partial charge in [0.1, 0.15) is 5.82 Å². The highest BCUT2D eigenvalue weighted by Gasteiger charge is 2.29. The van der Waals surface area contributed by atoms with Crippen molar-refractivity contribution in [1.82, 2.24) is 0 Å². The van der Waals surface area contributed by atoms with Crippen LogP contribution in [0.5, 0.6) is 0 Å². The van der Waals surface area contributed by atoms with E-state index >= 15 is 0 Å². The average Bonchev–Trinajstić information content (AvgIpc) is 2.49. The van der Waals surface area contributed by atoms with E-state index in [0.717, 1.165) is 24.0 Å². The molecule has 1 unspecified atom stereocenters. The van der Waals surface area contributed by atoms with E-state index in [4.69, 9.17) is 0 Å². The van der Waals surface area contributed by atoms with Crippen molar-refractivity contribution in [3.8, 4) is 0 Å². The van der Waals surface area contributed by atoms with Crippen LogP contribution >= 0.6 is 0 Å². The Labute approximate surface area is 120 Å². The minimum atomic E-state index is -1.28. The summed E-state index contributed by atoms with van der Waals surface area (Å²) in [4.78, 5) is 12.5. The van der Waals surface area contributed by atoms with E-state index in [1.165, 1.54) is 0 Å². The number of ketones is 1. The first-order valence-electron chi connectivity index (χ1n) is 6.84. The summed E-state index contributed by atoms with van der Waals surface area (Å²) in [6.07, 6.45) is 2.28. The van der Waals surface area contributed by atoms with E-state index in [9.17, 15) is 18.0 Å². The first-order valence-corrected chi connectivity index (χ1v) is 6.84. The quantitative estimate of drug-likeness (QED) is 0.591. The third kappa shape index (κ3) is 2.46. The lowest BCUT2D eigenvalue weighted by Crippen LogP contribution is -2.20. The Hall–Kier alpha value is -2.10. The van der Waals surface area contributed by atoms with Crippen molar-refractivity contribution in [2.75, 3.05) is 0 Å². The van der Waals surface area contributed by atoms with Gasteiger partial charge >= 0.3 is 0 Å². The molecule has 1 nitrogen and oxygen atoms in total. The van der Waals surface area contributed by atoms with E-state index in [1.54, 1.807) is 0 Å². The number of aryl methyl sites for hydroxylation is 1. The maximum atomic E-state index is 13.8. The van der Waals surface area contributed by atoms with E-state index < -0.39 is 29.2 Å². The summed E-state index contributed by atoms with van der Waals surface area (Å²) < 4.78 is 40.1. The van der Waals surface area contributed by atoms with Gasteiger partial charge in [-0.1, -0.05) is 24.3 Å². The van der Waals surface area contributed by atoms with Gasteiger partial charge in [0.25, 0.3) is 0 Å². The summed E-state index contributed by atoms with van der Waals surface area (Å²) in [7, 11) is 0. The fourth-order valence-electron chi connectivity index (χ4n) is 2.93. The van der Waals surface area contributed by atoms with Crippen LogP contribution in [0.25, 0.3) is 0 Å². The zero-order valence-electron chi connectivity index (χ0n) is 11.2. The molecule has 2 aromatic carbocycles. The van der Waals surface area contributed by atoms with Crippen LogP contribution in [0.4, 0.5) is 13.2 Å². The van der Waals surface area contributed by atoms with Gasteiger partial charge in [-0.2, -0.15) is 0 Å². The first-order chi connectivity index (χ1) is 10.1. The van der Waals surface area contributed by atoms with Crippen molar-refractivity contribution in [2.45, 2.75) is 25.2 Å². The smallest absolute Gasteiger partial charge is 0.173 e. The van der Waals surface area contributed by atoms with Crippen molar-refractivity contribution >= 4 is 5.78 Å². The van der Waals surface area contributed by atoms with Gasteiger partial charge in [0.2, 0.25) is 0 Å². The van der Waals surface area contributed by atoms with Gasteiger partial charge < -0.3 is 0 Å². The first kappa shape index (κ1) is 13.9. The van der Waals surface area contributed by atoms with E-state index in [2.05, 4.69) is 0 Å². The highest BCUT2D eigenvalue weighted by molar-refractivity contribution is 6.01. The molecule has 1 aliphatic carbocycles. The molecular formula is C17H13F3O. The number of hydrogen-bond donors (Lipinski definition) is 0. The molecule has 0 N–H and O–H groups in total. The number of fused-ring (bicyclic) bond motifs is 1. The Morgan fingerprint density at radius 2 is 1.71 bits per heavy atom. The average molecular weight is 290 g/mol. The largest absolute Gasteiger partial charge is 0.293 e. The number of benzene rings is 2. The Balaban J connectivity index is 2.03. The van der Waals surface area contributed by atoms with Crippen LogP contribution in [0.3, 0.4) is 0 Å². The third-order valence-electron chi connectivity index (χ3n) is 3.96. The molecule has 1 aliphatic rings. The van der Waals surface area contributed by atoms with E-state index in [1.807, 2.05) is 24.3 Å². The summed E-state index contributed by atoms with van der Waals surface area (Å²) in [5, 5.41) is 0. The molecule has 3 rings (SSSR count). The van der Waals surface area contributed by atoms with Crippen LogP contribution in [0.1, 0.15) is 40.2 Å². The number of rotatable bonds is 2. The SMILES string of the molecule is O=C(c1cc(F)c(F)cc1F)C1CCCc2ccccc21. The molecule has 0 aliphatic heterocycles. The fraction of sp³-hybridized carbons (Fsp3) is 0.235. The van der Waals surface area contributed by atoms with Crippen LogP contribution in [0.15, 0.2) is 36.4 Å². The molecule has 4 heteroatoms. The molecule has 1 atom stereocenters. The molecule has 0 heterocycles. The van der Waals surface area contributed by atoms with E-state index in [0.29, 0.717) is 18.6 Å². The summed E-state index contributed by atoms with van der Waals surface area (Å²) in [5.74, 6) is -4.48. The molecule has 108 valence electrons. The predicted molar refractivity (Wildman–Crippen MR) is 72.8 cm³/mol. The van der Waals surface area contributed by atoms with Gasteiger partial charge in [-0.05, 0) is 36.5 Å². The molecule has 0 amide bonds. The van der Waals surface area contributed by atoms with Gasteiger partial charge in [-0.3, -0.25) is 4.79 Å². The van der Waals surface area contributed by atoms with Crippen molar-refractivity contribution in [3.63, 3.8) is 0 Å². The second kappa shape index (κ2) is 5.35. The third-order valence-corrected chi connectivity index (χ3v) is 3.96. The normalized spacial score (nSPS) is 17.4. The van der Waals surface area contributed by atoms with E-state index in [-0.39, 0.29) is 5.56 Å². The second-order valence-corrected chi connectivity index (χ2v) is 5.25. The molecule has 0 saturated carbocycles. The summed E-state index contributed by atoms with van der Waals surface area (Å²) in [5.41, 5.74) is 1.54. The lowest BCUT2D eigenvalue weighted by Gasteiger charge is -2.24. The fourth-order valence-corrected chi connectivity index (χ4v) is 2.93. The summed E-state index contributed by atoms with van der Waals surface area (Å²) >= 11 is 0. The second-order valence-electron chi connectivity index (χ2n) is 5.25. The number of Topliss-reactive ketones (excluding diaryl/α,β-unsaturated/α-hetero) is 1. The standard InChI is InChI=1S/C17H13F3O/c18-14-9-16(20)15(19)8-13(14)17(21)12-7-3-5-10-4-1-2-6-11(10)12/h1-2,4,6,8-9,12H,3,5,7H2. The maximum absolute atomic E-state index is 13.8. The van der Waals surface area contributed by atoms with Gasteiger partial charge in [0.05, 0.1) is 5.56 Å². The summed E-state index contributed by atoms with van der Waals surface area (Å²) in [6.45, 7) is 0. The predicted octanol–water partition coefficient (Wildman–Crippen LogP) is 4.41. The molecule has 0 fully saturated rings. The van der Waals surface area contributed by atoms with Crippen molar-refractivity contribution < 1.29 is 18.0 Å². The van der Waals surface area contributed by atoms with Crippen molar-refractivity contribution in [1.29, 1.82) is 0 Å². The molecular weight excluding hydrogens is 277 g/mol. The Morgan fingerprint density at radius 1 is 1.00 bits per heavy atom. The molecule has 0 saturated heterocycles. The number of carbonyl (C=O) groups is 1. The minimum absolute atomic E-state index is 0.379. The molecule has 0 aromatic heterocycles. The number of hydrogen-bond acceptors (Lipinski definition) is 1. The van der Waals surface area contributed by atoms with Crippen LogP contribution in [-0.2, 0) is 6.42 Å². The molecule has 2 aromatic rings. The van der Waals surface area contributed by atoms with Crippen LogP contribution < -0.4 is 0 Å². The Bertz CT molecular complexity index is 709. The van der Waals surface area contributed by atoms with Crippen molar-refractivity contribution in [2.24, 2.45) is 0 Å². The van der Waals surface area contributed by atoms with Crippen LogP contribution in [-0.4, -0.2) is 5.78 Å². The highest BCUT2D eigenvalue weighted by Crippen LogP contribution is 2.34. The maximum Gasteiger partial charge on any atom is 0.173 e. The minimum Gasteiger partial charge on any atom is -0.293 e. The topological polar surface area (TPSA) is 17.1 Å². The number of carbonyl (C=O) groups excluding carboxylic acids is 1. The number of halogens is 3. The van der Waals surface area contributed by atoms with Crippen molar-refractivity contribution in [3.05, 3.63) is 70.5 Å². The molecule has 0 radical (unpaired) electrons. The van der Waals surface area contributed by atoms with Gasteiger partial charge in [0, 0.05) is 12.0 Å². The van der Waals surface area contributed by atoms with Gasteiger partial charge in [-0.15, -0.1) is 0 Å². The Morgan fingerprint density at radius 3 is 2.52 bits per heavy atom. The Kier molecular flexibility index (Phi) is 3.53. The van der Waals surface area contributed by atoms with Crippen LogP contribution in [0, 0.1) is 17.5 Å². The monoisotopic (exact) mass is 290 g/mol. The molecule has 21 heavy (non-hydrogen) atoms. The summed E-state index contributed by atoms with van der Waals surface area (Å²) in [6, 6.07) is 8.59. The molecule has 0 bridgehead atoms. The molecule has 0 spiro atoms. The van der Waals surface area contributed by atoms with Gasteiger partial charge in [0.15, 0.2) is 17.4 Å². The lowest BCUT2D eigenvalue weighted by molar-refractivity contribution is 0.0946. The zero-order chi connectivity index (χ0) is 15.0.